The van der Waals surface area contributed by atoms with Crippen LogP contribution in [0.1, 0.15) is 21.6 Å². The van der Waals surface area contributed by atoms with Crippen LogP contribution < -0.4 is 5.32 Å². The number of carbonyl (C=O) groups is 1. The van der Waals surface area contributed by atoms with Crippen molar-refractivity contribution in [1.29, 1.82) is 0 Å². The van der Waals surface area contributed by atoms with E-state index in [1.165, 1.54) is 0 Å². The largest absolute Gasteiger partial charge is 0.493 e. The van der Waals surface area contributed by atoms with E-state index in [-0.39, 0.29) is 18.1 Å². The summed E-state index contributed by atoms with van der Waals surface area (Å²) >= 11 is 0. The second kappa shape index (κ2) is 7.69. The zero-order valence-electron chi connectivity index (χ0n) is 14.3. The van der Waals surface area contributed by atoms with Gasteiger partial charge in [0.1, 0.15) is 0 Å². The third-order valence-electron chi connectivity index (χ3n) is 3.83. The average Bonchev–Trinajstić information content (AvgIpc) is 3.05. The Hall–Kier alpha value is -3.40. The Morgan fingerprint density at radius 1 is 1.14 bits per heavy atom. The van der Waals surface area contributed by atoms with Gasteiger partial charge < -0.3 is 15.5 Å². The molecule has 28 heavy (non-hydrogen) atoms. The Labute approximate surface area is 157 Å². The van der Waals surface area contributed by atoms with Gasteiger partial charge in [-0.05, 0) is 36.2 Å². The number of benzene rings is 1. The van der Waals surface area contributed by atoms with E-state index in [0.29, 0.717) is 18.3 Å². The van der Waals surface area contributed by atoms with Crippen LogP contribution in [0.2, 0.25) is 0 Å². The van der Waals surface area contributed by atoms with Crippen molar-refractivity contribution in [3.63, 3.8) is 0 Å². The summed E-state index contributed by atoms with van der Waals surface area (Å²) < 4.78 is 38.7. The molecule has 3 N–H and O–H groups in total. The average molecular weight is 392 g/mol. The summed E-state index contributed by atoms with van der Waals surface area (Å²) in [6, 6.07) is 9.71. The highest BCUT2D eigenvalue weighted by Gasteiger charge is 2.30. The highest BCUT2D eigenvalue weighted by Crippen LogP contribution is 2.29. The Balaban J connectivity index is 1.76. The molecule has 7 nitrogen and oxygen atoms in total. The van der Waals surface area contributed by atoms with Crippen molar-refractivity contribution in [2.24, 2.45) is 0 Å². The molecule has 0 aliphatic carbocycles. The molecule has 0 bridgehead atoms. The van der Waals surface area contributed by atoms with Gasteiger partial charge in [-0.3, -0.25) is 4.79 Å². The maximum atomic E-state index is 12.6. The maximum Gasteiger partial charge on any atom is 0.417 e. The van der Waals surface area contributed by atoms with Gasteiger partial charge in [0, 0.05) is 24.6 Å². The lowest BCUT2D eigenvalue weighted by atomic mass is 10.1. The second-order valence-corrected chi connectivity index (χ2v) is 5.83. The van der Waals surface area contributed by atoms with Crippen LogP contribution in [0.4, 0.5) is 18.9 Å². The smallest absolute Gasteiger partial charge is 0.417 e. The highest BCUT2D eigenvalue weighted by molar-refractivity contribution is 6.03. The number of alkyl halides is 3. The van der Waals surface area contributed by atoms with Gasteiger partial charge in [-0.15, -0.1) is 0 Å². The molecule has 10 heteroatoms. The molecule has 0 atom stereocenters. The van der Waals surface area contributed by atoms with E-state index in [4.69, 9.17) is 5.11 Å². The van der Waals surface area contributed by atoms with Crippen molar-refractivity contribution in [2.45, 2.75) is 12.6 Å². The van der Waals surface area contributed by atoms with Gasteiger partial charge in [-0.1, -0.05) is 12.1 Å². The van der Waals surface area contributed by atoms with Gasteiger partial charge in [0.25, 0.3) is 5.91 Å². The van der Waals surface area contributed by atoms with Gasteiger partial charge in [0.2, 0.25) is 5.88 Å². The number of anilines is 1. The van der Waals surface area contributed by atoms with Crippen LogP contribution in [-0.2, 0) is 12.6 Å². The first-order valence-electron chi connectivity index (χ1n) is 8.12. The quantitative estimate of drug-likeness (QED) is 0.620. The van der Waals surface area contributed by atoms with Gasteiger partial charge in [0.15, 0.2) is 11.5 Å². The number of pyridine rings is 1. The molecule has 3 aromatic rings. The molecule has 0 unspecified atom stereocenters. The fourth-order valence-corrected chi connectivity index (χ4v) is 2.41. The van der Waals surface area contributed by atoms with E-state index in [0.717, 1.165) is 28.4 Å². The number of carbonyl (C=O) groups excluding carboxylic acids is 1. The fraction of sp³-hybridized carbons (Fsp3) is 0.167. The fourth-order valence-electron chi connectivity index (χ4n) is 2.41. The zero-order valence-corrected chi connectivity index (χ0v) is 14.3. The van der Waals surface area contributed by atoms with Crippen LogP contribution in [0.25, 0.3) is 5.82 Å². The van der Waals surface area contributed by atoms with E-state index in [1.54, 1.807) is 24.3 Å². The van der Waals surface area contributed by atoms with E-state index in [9.17, 15) is 23.1 Å². The number of nitrogens with zero attached hydrogens (tertiary/aromatic N) is 3. The standard InChI is InChI=1S/C18H15F3N4O3/c19-18(20,21)12-3-6-15(22-10-12)25-16(27)9-14(24-25)17(28)23-13-4-1-11(2-5-13)7-8-26/h1-6,9-10,26-27H,7-8H2,(H,23,28). The molecule has 0 saturated heterocycles. The molecule has 3 rings (SSSR count). The number of aromatic hydroxyl groups is 1. The lowest BCUT2D eigenvalue weighted by Gasteiger charge is -2.07. The number of amides is 1. The topological polar surface area (TPSA) is 100 Å². The predicted octanol–water partition coefficient (Wildman–Crippen LogP) is 2.78. The molecule has 1 amide bonds. The molecule has 0 aliphatic rings. The first-order chi connectivity index (χ1) is 13.3. The van der Waals surface area contributed by atoms with E-state index >= 15 is 0 Å². The first kappa shape index (κ1) is 19.4. The molecule has 1 aromatic carbocycles. The molecule has 0 aliphatic heterocycles. The summed E-state index contributed by atoms with van der Waals surface area (Å²) in [5.74, 6) is -1.13. The third-order valence-corrected chi connectivity index (χ3v) is 3.83. The van der Waals surface area contributed by atoms with Gasteiger partial charge in [0.05, 0.1) is 5.56 Å². The summed E-state index contributed by atoms with van der Waals surface area (Å²) in [6.45, 7) is 0.0143. The molecule has 2 heterocycles. The summed E-state index contributed by atoms with van der Waals surface area (Å²) in [7, 11) is 0. The Kier molecular flexibility index (Phi) is 5.32. The van der Waals surface area contributed by atoms with Crippen LogP contribution in [0.15, 0.2) is 48.7 Å². The van der Waals surface area contributed by atoms with Crippen molar-refractivity contribution < 1.29 is 28.2 Å². The van der Waals surface area contributed by atoms with Crippen molar-refractivity contribution in [2.75, 3.05) is 11.9 Å². The van der Waals surface area contributed by atoms with E-state index in [1.807, 2.05) is 0 Å². The normalized spacial score (nSPS) is 11.4. The highest BCUT2D eigenvalue weighted by atomic mass is 19.4. The Morgan fingerprint density at radius 3 is 2.43 bits per heavy atom. The van der Waals surface area contributed by atoms with Crippen molar-refractivity contribution in [3.05, 3.63) is 65.5 Å². The van der Waals surface area contributed by atoms with Gasteiger partial charge >= 0.3 is 6.18 Å². The minimum Gasteiger partial charge on any atom is -0.493 e. The molecule has 0 fully saturated rings. The second-order valence-electron chi connectivity index (χ2n) is 5.83. The Bertz CT molecular complexity index is 967. The number of hydrogen-bond acceptors (Lipinski definition) is 5. The molecular formula is C18H15F3N4O3. The van der Waals surface area contributed by atoms with Crippen LogP contribution >= 0.6 is 0 Å². The number of rotatable bonds is 5. The Morgan fingerprint density at radius 2 is 1.86 bits per heavy atom. The molecule has 0 spiro atoms. The lowest BCUT2D eigenvalue weighted by Crippen LogP contribution is -2.13. The van der Waals surface area contributed by atoms with E-state index < -0.39 is 23.5 Å². The number of aliphatic hydroxyl groups is 1. The number of hydrogen-bond donors (Lipinski definition) is 3. The number of nitrogens with one attached hydrogen (secondary N) is 1. The van der Waals surface area contributed by atoms with Crippen LogP contribution in [0.3, 0.4) is 0 Å². The van der Waals surface area contributed by atoms with Gasteiger partial charge in [-0.2, -0.15) is 23.0 Å². The predicted molar refractivity (Wildman–Crippen MR) is 93.2 cm³/mol. The molecular weight excluding hydrogens is 377 g/mol. The minimum atomic E-state index is -4.53. The third kappa shape index (κ3) is 4.29. The monoisotopic (exact) mass is 392 g/mol. The van der Waals surface area contributed by atoms with Gasteiger partial charge in [-0.25, -0.2) is 4.98 Å². The summed E-state index contributed by atoms with van der Waals surface area (Å²) in [4.78, 5) is 15.9. The van der Waals surface area contributed by atoms with E-state index in [2.05, 4.69) is 15.4 Å². The van der Waals surface area contributed by atoms with Crippen molar-refractivity contribution >= 4 is 11.6 Å². The number of halogens is 3. The molecule has 0 radical (unpaired) electrons. The zero-order chi connectivity index (χ0) is 20.3. The minimum absolute atomic E-state index is 0.0143. The van der Waals surface area contributed by atoms with Crippen LogP contribution in [0.5, 0.6) is 5.88 Å². The summed E-state index contributed by atoms with van der Waals surface area (Å²) in [5, 5.41) is 25.3. The lowest BCUT2D eigenvalue weighted by molar-refractivity contribution is -0.137. The first-order valence-corrected chi connectivity index (χ1v) is 8.12. The SMILES string of the molecule is O=C(Nc1ccc(CCO)cc1)c1cc(O)n(-c2ccc(C(F)(F)F)cn2)n1. The molecule has 0 saturated carbocycles. The summed E-state index contributed by atoms with van der Waals surface area (Å²) in [5.41, 5.74) is 0.299. The maximum absolute atomic E-state index is 12.6. The van der Waals surface area contributed by atoms with Crippen LogP contribution in [0, 0.1) is 0 Å². The molecule has 146 valence electrons. The summed E-state index contributed by atoms with van der Waals surface area (Å²) in [6.07, 6.45) is -3.42. The van der Waals surface area contributed by atoms with Crippen molar-refractivity contribution in [3.8, 4) is 11.7 Å². The number of aliphatic hydroxyl groups excluding tert-OH is 1. The van der Waals surface area contributed by atoms with Crippen molar-refractivity contribution in [1.82, 2.24) is 14.8 Å². The molecule has 2 aromatic heterocycles. The van der Waals surface area contributed by atoms with Crippen LogP contribution in [-0.4, -0.2) is 37.5 Å². The number of aromatic nitrogens is 3.